The van der Waals surface area contributed by atoms with Gasteiger partial charge in [0.2, 0.25) is 5.89 Å². The van der Waals surface area contributed by atoms with Crippen LogP contribution in [0.4, 0.5) is 4.39 Å². The Kier molecular flexibility index (Phi) is 8.62. The number of aryl methyl sites for hydroxylation is 2. The van der Waals surface area contributed by atoms with Crippen molar-refractivity contribution in [3.05, 3.63) is 65.4 Å². The monoisotopic (exact) mass is 512 g/mol. The van der Waals surface area contributed by atoms with Gasteiger partial charge in [-0.2, -0.15) is 5.10 Å². The summed E-state index contributed by atoms with van der Waals surface area (Å²) in [7, 11) is 0. The molecule has 0 amide bonds. The van der Waals surface area contributed by atoms with Crippen LogP contribution in [0.15, 0.2) is 45.9 Å². The van der Waals surface area contributed by atoms with Gasteiger partial charge in [0.25, 0.3) is 0 Å². The molecule has 0 saturated carbocycles. The maximum atomic E-state index is 13.0. The minimum absolute atomic E-state index is 0. The van der Waals surface area contributed by atoms with Gasteiger partial charge in [-0.25, -0.2) is 19.0 Å². The number of hydrogen-bond donors (Lipinski definition) is 2. The quantitative estimate of drug-likeness (QED) is 0.288. The Bertz CT molecular complexity index is 915. The minimum Gasteiger partial charge on any atom is -0.444 e. The number of halogens is 2. The Hall–Kier alpha value is -2.43. The van der Waals surface area contributed by atoms with E-state index >= 15 is 0 Å². The van der Waals surface area contributed by atoms with E-state index in [-0.39, 0.29) is 29.8 Å². The first-order chi connectivity index (χ1) is 13.5. The fourth-order valence-electron chi connectivity index (χ4n) is 2.64. The van der Waals surface area contributed by atoms with Gasteiger partial charge in [-0.05, 0) is 51.1 Å². The number of aliphatic imine (C=N–C) groups is 1. The van der Waals surface area contributed by atoms with E-state index in [1.165, 1.54) is 12.1 Å². The summed E-state index contributed by atoms with van der Waals surface area (Å²) >= 11 is 0. The van der Waals surface area contributed by atoms with Gasteiger partial charge in [-0.3, -0.25) is 0 Å². The number of aromatic nitrogens is 3. The lowest BCUT2D eigenvalue weighted by atomic mass is 10.3. The van der Waals surface area contributed by atoms with Crippen molar-refractivity contribution in [3.63, 3.8) is 0 Å². The van der Waals surface area contributed by atoms with Crippen LogP contribution in [0, 0.1) is 19.7 Å². The predicted octanol–water partition coefficient (Wildman–Crippen LogP) is 3.53. The van der Waals surface area contributed by atoms with Crippen molar-refractivity contribution < 1.29 is 8.81 Å². The maximum Gasteiger partial charge on any atom is 0.216 e. The highest BCUT2D eigenvalue weighted by atomic mass is 127. The van der Waals surface area contributed by atoms with E-state index in [1.54, 1.807) is 16.8 Å². The smallest absolute Gasteiger partial charge is 0.216 e. The van der Waals surface area contributed by atoms with E-state index < -0.39 is 0 Å². The van der Waals surface area contributed by atoms with E-state index in [0.717, 1.165) is 35.8 Å². The molecule has 0 radical (unpaired) electrons. The molecule has 0 saturated heterocycles. The first-order valence-electron chi connectivity index (χ1n) is 9.30. The zero-order valence-electron chi connectivity index (χ0n) is 16.8. The molecule has 0 unspecified atom stereocenters. The number of nitrogens with zero attached hydrogens (tertiary/aromatic N) is 4. The van der Waals surface area contributed by atoms with Crippen molar-refractivity contribution in [2.45, 2.75) is 33.7 Å². The molecular weight excluding hydrogens is 486 g/mol. The van der Waals surface area contributed by atoms with Crippen LogP contribution >= 0.6 is 24.0 Å². The van der Waals surface area contributed by atoms with E-state index in [1.807, 2.05) is 33.0 Å². The molecule has 3 rings (SSSR count). The molecule has 3 aromatic rings. The lowest BCUT2D eigenvalue weighted by Gasteiger charge is -2.10. The lowest BCUT2D eigenvalue weighted by Crippen LogP contribution is -2.38. The summed E-state index contributed by atoms with van der Waals surface area (Å²) in [5, 5.41) is 11.0. The van der Waals surface area contributed by atoms with Crippen LogP contribution in [0.1, 0.15) is 30.0 Å². The molecule has 9 heteroatoms. The molecule has 0 bridgehead atoms. The van der Waals surface area contributed by atoms with Crippen molar-refractivity contribution in [3.8, 4) is 5.69 Å². The molecule has 0 aliphatic heterocycles. The first kappa shape index (κ1) is 22.9. The van der Waals surface area contributed by atoms with Crippen LogP contribution in [-0.2, 0) is 13.0 Å². The number of benzene rings is 1. The summed E-state index contributed by atoms with van der Waals surface area (Å²) in [4.78, 5) is 8.85. The molecule has 0 aliphatic rings. The normalized spacial score (nSPS) is 11.2. The van der Waals surface area contributed by atoms with E-state index in [4.69, 9.17) is 4.42 Å². The number of hydrogen-bond acceptors (Lipinski definition) is 4. The van der Waals surface area contributed by atoms with Crippen molar-refractivity contribution in [1.82, 2.24) is 25.4 Å². The predicted molar refractivity (Wildman–Crippen MR) is 121 cm³/mol. The SMILES string of the molecule is CCNC(=NCc1nc(C)c(C)o1)NCCc1ccn(-c2ccc(F)cc2)n1.I. The molecular formula is C20H26FIN6O. The van der Waals surface area contributed by atoms with E-state index in [2.05, 4.69) is 25.7 Å². The fraction of sp³-hybridized carbons (Fsp3) is 0.350. The van der Waals surface area contributed by atoms with Gasteiger partial charge in [0.15, 0.2) is 5.96 Å². The molecule has 29 heavy (non-hydrogen) atoms. The third-order valence-corrected chi connectivity index (χ3v) is 4.20. The topological polar surface area (TPSA) is 80.3 Å². The molecule has 1 aromatic carbocycles. The Morgan fingerprint density at radius 2 is 1.93 bits per heavy atom. The van der Waals surface area contributed by atoms with E-state index in [0.29, 0.717) is 24.9 Å². The van der Waals surface area contributed by atoms with Crippen LogP contribution in [0.25, 0.3) is 5.69 Å². The number of rotatable bonds is 7. The molecule has 2 N–H and O–H groups in total. The van der Waals surface area contributed by atoms with Gasteiger partial charge >= 0.3 is 0 Å². The van der Waals surface area contributed by atoms with Gasteiger partial charge < -0.3 is 15.1 Å². The Morgan fingerprint density at radius 3 is 2.59 bits per heavy atom. The number of oxazole rings is 1. The van der Waals surface area contributed by atoms with Crippen LogP contribution in [0.3, 0.4) is 0 Å². The number of guanidine groups is 1. The maximum absolute atomic E-state index is 13.0. The molecule has 2 heterocycles. The van der Waals surface area contributed by atoms with Gasteiger partial charge in [0.05, 0.1) is 17.1 Å². The van der Waals surface area contributed by atoms with E-state index in [9.17, 15) is 4.39 Å². The van der Waals surface area contributed by atoms with Gasteiger partial charge in [0, 0.05) is 25.7 Å². The molecule has 0 atom stereocenters. The zero-order chi connectivity index (χ0) is 19.9. The Balaban J connectivity index is 0.00000300. The van der Waals surface area contributed by atoms with Gasteiger partial charge in [-0.15, -0.1) is 24.0 Å². The summed E-state index contributed by atoms with van der Waals surface area (Å²) in [6.07, 6.45) is 2.60. The largest absolute Gasteiger partial charge is 0.444 e. The van der Waals surface area contributed by atoms with Crippen molar-refractivity contribution >= 4 is 29.9 Å². The highest BCUT2D eigenvalue weighted by molar-refractivity contribution is 14.0. The summed E-state index contributed by atoms with van der Waals surface area (Å²) in [5.74, 6) is 1.87. The summed E-state index contributed by atoms with van der Waals surface area (Å²) in [5.41, 5.74) is 2.65. The first-order valence-corrected chi connectivity index (χ1v) is 9.30. The van der Waals surface area contributed by atoms with Crippen LogP contribution in [-0.4, -0.2) is 33.8 Å². The second-order valence-electron chi connectivity index (χ2n) is 6.35. The average Bonchev–Trinajstić information content (AvgIpc) is 3.27. The summed E-state index contributed by atoms with van der Waals surface area (Å²) in [6.45, 7) is 7.64. The second-order valence-corrected chi connectivity index (χ2v) is 6.35. The molecule has 0 fully saturated rings. The minimum atomic E-state index is -0.259. The average molecular weight is 512 g/mol. The standard InChI is InChI=1S/C20H25FN6O.HI/c1-4-22-20(24-13-19-25-14(2)15(3)28-19)23-11-9-17-10-12-27(26-17)18-7-5-16(21)6-8-18;/h5-8,10,12H,4,9,11,13H2,1-3H3,(H2,22,23,24);1H. The molecule has 7 nitrogen and oxygen atoms in total. The van der Waals surface area contributed by atoms with Crippen LogP contribution < -0.4 is 10.6 Å². The van der Waals surface area contributed by atoms with Crippen molar-refractivity contribution in [2.75, 3.05) is 13.1 Å². The fourth-order valence-corrected chi connectivity index (χ4v) is 2.64. The lowest BCUT2D eigenvalue weighted by molar-refractivity contribution is 0.473. The Morgan fingerprint density at radius 1 is 1.17 bits per heavy atom. The highest BCUT2D eigenvalue weighted by Crippen LogP contribution is 2.10. The third kappa shape index (κ3) is 6.55. The zero-order valence-corrected chi connectivity index (χ0v) is 19.1. The summed E-state index contributed by atoms with van der Waals surface area (Å²) in [6, 6.07) is 8.20. The second kappa shape index (κ2) is 10.9. The third-order valence-electron chi connectivity index (χ3n) is 4.20. The van der Waals surface area contributed by atoms with Gasteiger partial charge in [0.1, 0.15) is 18.1 Å². The summed E-state index contributed by atoms with van der Waals surface area (Å²) < 4.78 is 20.3. The van der Waals surface area contributed by atoms with Crippen molar-refractivity contribution in [1.29, 1.82) is 0 Å². The van der Waals surface area contributed by atoms with Crippen molar-refractivity contribution in [2.24, 2.45) is 4.99 Å². The highest BCUT2D eigenvalue weighted by Gasteiger charge is 2.06. The molecule has 0 spiro atoms. The molecule has 0 aliphatic carbocycles. The molecule has 2 aromatic heterocycles. The number of nitrogens with one attached hydrogen (secondary N) is 2. The van der Waals surface area contributed by atoms with Gasteiger partial charge in [-0.1, -0.05) is 0 Å². The van der Waals surface area contributed by atoms with Crippen LogP contribution in [0.2, 0.25) is 0 Å². The Labute approximate surface area is 186 Å². The molecule has 156 valence electrons. The van der Waals surface area contributed by atoms with Crippen LogP contribution in [0.5, 0.6) is 0 Å².